The van der Waals surface area contributed by atoms with Gasteiger partial charge in [0, 0.05) is 26.2 Å². The van der Waals surface area contributed by atoms with Crippen LogP contribution in [0.25, 0.3) is 0 Å². The molecule has 1 heterocycles. The largest absolute Gasteiger partial charge is 0.339 e. The molecule has 1 saturated heterocycles. The number of carbonyl (C=O) groups is 1. The number of hydrogen-bond donors (Lipinski definition) is 1. The van der Waals surface area contributed by atoms with Gasteiger partial charge in [0.15, 0.2) is 0 Å². The van der Waals surface area contributed by atoms with Crippen molar-refractivity contribution in [3.8, 4) is 0 Å². The lowest BCUT2D eigenvalue weighted by molar-refractivity contribution is -0.138. The highest BCUT2D eigenvalue weighted by atomic mass is 16.2. The molecule has 0 unspecified atom stereocenters. The number of nitrogens with zero attached hydrogens (tertiary/aromatic N) is 2. The molecule has 1 fully saturated rings. The van der Waals surface area contributed by atoms with E-state index in [9.17, 15) is 4.79 Å². The molecule has 1 aliphatic rings. The van der Waals surface area contributed by atoms with E-state index in [1.54, 1.807) is 0 Å². The van der Waals surface area contributed by atoms with Gasteiger partial charge in [-0.1, -0.05) is 6.92 Å². The quantitative estimate of drug-likeness (QED) is 0.725. The third-order valence-corrected chi connectivity index (χ3v) is 2.94. The van der Waals surface area contributed by atoms with Crippen LogP contribution in [0.1, 0.15) is 20.8 Å². The van der Waals surface area contributed by atoms with Crippen LogP contribution in [0.3, 0.4) is 0 Å². The highest BCUT2D eigenvalue weighted by Gasteiger charge is 2.32. The van der Waals surface area contributed by atoms with Crippen LogP contribution in [-0.4, -0.2) is 61.0 Å². The number of nitrogens with one attached hydrogen (secondary N) is 1. The second-order valence-electron chi connectivity index (χ2n) is 4.75. The maximum absolute atomic E-state index is 12.2. The summed E-state index contributed by atoms with van der Waals surface area (Å²) in [4.78, 5) is 16.4. The van der Waals surface area contributed by atoms with Gasteiger partial charge in [0.05, 0.1) is 5.54 Å². The third-order valence-electron chi connectivity index (χ3n) is 2.94. The van der Waals surface area contributed by atoms with Gasteiger partial charge >= 0.3 is 0 Å². The van der Waals surface area contributed by atoms with E-state index in [0.717, 1.165) is 32.7 Å². The van der Waals surface area contributed by atoms with Crippen molar-refractivity contribution in [1.82, 2.24) is 15.1 Å². The van der Waals surface area contributed by atoms with Crippen molar-refractivity contribution in [2.75, 3.05) is 39.8 Å². The molecule has 1 rings (SSSR count). The number of rotatable bonds is 3. The summed E-state index contributed by atoms with van der Waals surface area (Å²) < 4.78 is 0. The van der Waals surface area contributed by atoms with E-state index in [-0.39, 0.29) is 5.91 Å². The lowest BCUT2D eigenvalue weighted by Gasteiger charge is -2.37. The minimum Gasteiger partial charge on any atom is -0.339 e. The summed E-state index contributed by atoms with van der Waals surface area (Å²) in [6.45, 7) is 10.4. The highest BCUT2D eigenvalue weighted by Crippen LogP contribution is 2.10. The predicted molar refractivity (Wildman–Crippen MR) is 61.8 cm³/mol. The van der Waals surface area contributed by atoms with Gasteiger partial charge in [-0.3, -0.25) is 4.79 Å². The smallest absolute Gasteiger partial charge is 0.242 e. The normalized spacial score (nSPS) is 19.3. The van der Waals surface area contributed by atoms with Gasteiger partial charge in [-0.25, -0.2) is 0 Å². The summed E-state index contributed by atoms with van der Waals surface area (Å²) in [5.41, 5.74) is -0.426. The summed E-state index contributed by atoms with van der Waals surface area (Å²) in [5.74, 6) is 0.220. The van der Waals surface area contributed by atoms with Crippen LogP contribution >= 0.6 is 0 Å². The van der Waals surface area contributed by atoms with Crippen molar-refractivity contribution in [3.05, 3.63) is 0 Å². The van der Waals surface area contributed by atoms with E-state index in [4.69, 9.17) is 0 Å². The molecule has 0 aromatic carbocycles. The zero-order chi connectivity index (χ0) is 11.5. The summed E-state index contributed by atoms with van der Waals surface area (Å²) in [5, 5.41) is 3.23. The van der Waals surface area contributed by atoms with Gasteiger partial charge in [-0.05, 0) is 27.4 Å². The molecular weight excluding hydrogens is 190 g/mol. The van der Waals surface area contributed by atoms with E-state index in [0.29, 0.717) is 0 Å². The van der Waals surface area contributed by atoms with Crippen molar-refractivity contribution in [2.24, 2.45) is 0 Å². The predicted octanol–water partition coefficient (Wildman–Crippen LogP) is 0.149. The van der Waals surface area contributed by atoms with Gasteiger partial charge in [-0.15, -0.1) is 0 Å². The van der Waals surface area contributed by atoms with Crippen LogP contribution in [0.5, 0.6) is 0 Å². The number of carbonyl (C=O) groups excluding carboxylic acids is 1. The lowest BCUT2D eigenvalue weighted by atomic mass is 10.0. The fourth-order valence-corrected chi connectivity index (χ4v) is 1.92. The first-order chi connectivity index (χ1) is 6.97. The zero-order valence-electron chi connectivity index (χ0n) is 10.3. The van der Waals surface area contributed by atoms with Crippen molar-refractivity contribution in [1.29, 1.82) is 0 Å². The fourth-order valence-electron chi connectivity index (χ4n) is 1.92. The van der Waals surface area contributed by atoms with E-state index >= 15 is 0 Å². The van der Waals surface area contributed by atoms with Crippen LogP contribution in [0.2, 0.25) is 0 Å². The van der Waals surface area contributed by atoms with Crippen molar-refractivity contribution >= 4 is 5.91 Å². The first kappa shape index (κ1) is 12.5. The Morgan fingerprint density at radius 2 is 1.80 bits per heavy atom. The summed E-state index contributed by atoms with van der Waals surface area (Å²) in [6, 6.07) is 0. The first-order valence-electron chi connectivity index (χ1n) is 5.70. The Morgan fingerprint density at radius 3 is 2.27 bits per heavy atom. The lowest BCUT2D eigenvalue weighted by Crippen LogP contribution is -2.58. The minimum atomic E-state index is -0.426. The molecule has 0 aliphatic carbocycles. The van der Waals surface area contributed by atoms with Gasteiger partial charge in [0.25, 0.3) is 0 Å². The number of likely N-dealkylation sites (N-methyl/N-ethyl adjacent to an activating group) is 2. The highest BCUT2D eigenvalue weighted by molar-refractivity contribution is 5.85. The van der Waals surface area contributed by atoms with E-state index in [1.807, 2.05) is 25.7 Å². The number of amides is 1. The molecule has 1 N–H and O–H groups in total. The average Bonchev–Trinajstić information content (AvgIpc) is 2.18. The molecule has 0 atom stereocenters. The molecule has 0 saturated carbocycles. The third kappa shape index (κ3) is 3.18. The Hall–Kier alpha value is -0.610. The molecule has 0 radical (unpaired) electrons. The Kier molecular flexibility index (Phi) is 4.11. The molecule has 1 amide bonds. The molecule has 0 aromatic heterocycles. The van der Waals surface area contributed by atoms with E-state index in [1.165, 1.54) is 0 Å². The SMILES string of the molecule is CCNC(C)(C)C(=O)N1CCN(C)CC1. The fraction of sp³-hybridized carbons (Fsp3) is 0.909. The van der Waals surface area contributed by atoms with Crippen LogP contribution in [0.15, 0.2) is 0 Å². The van der Waals surface area contributed by atoms with Crippen LogP contribution in [0, 0.1) is 0 Å². The topological polar surface area (TPSA) is 35.6 Å². The molecule has 0 spiro atoms. The molecule has 0 aromatic rings. The van der Waals surface area contributed by atoms with Crippen LogP contribution < -0.4 is 5.32 Å². The Labute approximate surface area is 92.6 Å². The Balaban J connectivity index is 2.53. The van der Waals surface area contributed by atoms with E-state index in [2.05, 4.69) is 17.3 Å². The van der Waals surface area contributed by atoms with Gasteiger partial charge in [0.2, 0.25) is 5.91 Å². The first-order valence-corrected chi connectivity index (χ1v) is 5.70. The maximum atomic E-state index is 12.2. The van der Waals surface area contributed by atoms with Crippen molar-refractivity contribution < 1.29 is 4.79 Å². The molecule has 88 valence electrons. The molecule has 4 nitrogen and oxygen atoms in total. The Bertz CT molecular complexity index is 220. The molecule has 15 heavy (non-hydrogen) atoms. The standard InChI is InChI=1S/C11H23N3O/c1-5-12-11(2,3)10(15)14-8-6-13(4)7-9-14/h12H,5-9H2,1-4H3. The maximum Gasteiger partial charge on any atom is 0.242 e. The second-order valence-corrected chi connectivity index (χ2v) is 4.75. The van der Waals surface area contributed by atoms with Gasteiger partial charge in [0.1, 0.15) is 0 Å². The number of piperazine rings is 1. The van der Waals surface area contributed by atoms with Crippen molar-refractivity contribution in [2.45, 2.75) is 26.3 Å². The second kappa shape index (κ2) is 4.94. The Morgan fingerprint density at radius 1 is 1.27 bits per heavy atom. The summed E-state index contributed by atoms with van der Waals surface area (Å²) in [7, 11) is 2.09. The van der Waals surface area contributed by atoms with Gasteiger partial charge in [-0.2, -0.15) is 0 Å². The molecule has 1 aliphatic heterocycles. The van der Waals surface area contributed by atoms with Crippen LogP contribution in [0.4, 0.5) is 0 Å². The zero-order valence-corrected chi connectivity index (χ0v) is 10.3. The summed E-state index contributed by atoms with van der Waals surface area (Å²) in [6.07, 6.45) is 0. The van der Waals surface area contributed by atoms with Crippen LogP contribution in [-0.2, 0) is 4.79 Å². The summed E-state index contributed by atoms with van der Waals surface area (Å²) >= 11 is 0. The van der Waals surface area contributed by atoms with Gasteiger partial charge < -0.3 is 15.1 Å². The molecular formula is C11H23N3O. The number of hydrogen-bond acceptors (Lipinski definition) is 3. The van der Waals surface area contributed by atoms with Crippen molar-refractivity contribution in [3.63, 3.8) is 0 Å². The minimum absolute atomic E-state index is 0.220. The monoisotopic (exact) mass is 213 g/mol. The molecule has 4 heteroatoms. The molecule has 0 bridgehead atoms. The van der Waals surface area contributed by atoms with E-state index < -0.39 is 5.54 Å². The average molecular weight is 213 g/mol.